The van der Waals surface area contributed by atoms with Gasteiger partial charge in [0.15, 0.2) is 9.84 Å². The van der Waals surface area contributed by atoms with E-state index in [2.05, 4.69) is 0 Å². The maximum absolute atomic E-state index is 13.0. The molecule has 3 rings (SSSR count). The van der Waals surface area contributed by atoms with Gasteiger partial charge in [0, 0.05) is 18.7 Å². The number of carbonyl (C=O) groups excluding carboxylic acids is 2. The number of hydrogen-bond donors (Lipinski definition) is 0. The molecule has 2 aliphatic rings. The quantitative estimate of drug-likeness (QED) is 0.523. The minimum Gasteiger partial charge on any atom is -0.465 e. The Morgan fingerprint density at radius 2 is 2.30 bits per heavy atom. The fraction of sp³-hybridized carbons (Fsp3) is 0.471. The number of nitrogens with zero attached hydrogens (tertiary/aromatic N) is 2. The molecule has 2 aliphatic heterocycles. The van der Waals surface area contributed by atoms with Gasteiger partial charge in [-0.2, -0.15) is 0 Å². The van der Waals surface area contributed by atoms with Gasteiger partial charge in [0.2, 0.25) is 5.91 Å². The maximum Gasteiger partial charge on any atom is 0.267 e. The van der Waals surface area contributed by atoms with Gasteiger partial charge in [-0.05, 0) is 32.4 Å². The predicted molar refractivity (Wildman–Crippen MR) is 108 cm³/mol. The molecule has 0 N–H and O–H groups in total. The lowest BCUT2D eigenvalue weighted by Crippen LogP contribution is -2.52. The lowest BCUT2D eigenvalue weighted by Gasteiger charge is -2.32. The van der Waals surface area contributed by atoms with Gasteiger partial charge in [-0.25, -0.2) is 8.42 Å². The van der Waals surface area contributed by atoms with Crippen LogP contribution in [-0.2, 0) is 19.4 Å². The van der Waals surface area contributed by atoms with E-state index in [1.165, 1.54) is 11.2 Å². The molecule has 7 nitrogen and oxygen atoms in total. The zero-order valence-corrected chi connectivity index (χ0v) is 17.4. The van der Waals surface area contributed by atoms with Gasteiger partial charge in [0.05, 0.1) is 22.7 Å². The highest BCUT2D eigenvalue weighted by atomic mass is 32.2. The number of rotatable bonds is 5. The summed E-state index contributed by atoms with van der Waals surface area (Å²) in [5.74, 6) is -0.0629. The highest BCUT2D eigenvalue weighted by Crippen LogP contribution is 2.34. The van der Waals surface area contributed by atoms with E-state index in [9.17, 15) is 18.0 Å². The third-order valence-electron chi connectivity index (χ3n) is 4.66. The zero-order valence-electron chi connectivity index (χ0n) is 15.0. The Bertz CT molecular complexity index is 892. The summed E-state index contributed by atoms with van der Waals surface area (Å²) in [6, 6.07) is 2.28. The molecule has 3 heterocycles. The van der Waals surface area contributed by atoms with Crippen LogP contribution in [0.1, 0.15) is 26.0 Å². The van der Waals surface area contributed by atoms with Crippen LogP contribution in [0.15, 0.2) is 27.7 Å². The van der Waals surface area contributed by atoms with Crippen LogP contribution in [0.4, 0.5) is 0 Å². The van der Waals surface area contributed by atoms with Crippen molar-refractivity contribution in [2.45, 2.75) is 32.4 Å². The second kappa shape index (κ2) is 7.76. The summed E-state index contributed by atoms with van der Waals surface area (Å²) in [6.07, 6.45) is 3.52. The van der Waals surface area contributed by atoms with Crippen molar-refractivity contribution in [1.82, 2.24) is 9.80 Å². The van der Waals surface area contributed by atoms with E-state index in [1.807, 2.05) is 0 Å². The molecule has 2 amide bonds. The average Bonchev–Trinajstić information content (AvgIpc) is 3.30. The zero-order chi connectivity index (χ0) is 19.8. The molecule has 2 atom stereocenters. The first-order valence-electron chi connectivity index (χ1n) is 8.55. The number of carbonyl (C=O) groups is 2. The Labute approximate surface area is 167 Å². The summed E-state index contributed by atoms with van der Waals surface area (Å²) >= 11 is 6.43. The van der Waals surface area contributed by atoms with E-state index in [4.69, 9.17) is 16.6 Å². The van der Waals surface area contributed by atoms with E-state index in [-0.39, 0.29) is 29.4 Å². The van der Waals surface area contributed by atoms with E-state index >= 15 is 0 Å². The van der Waals surface area contributed by atoms with Gasteiger partial charge >= 0.3 is 0 Å². The summed E-state index contributed by atoms with van der Waals surface area (Å²) in [6.45, 7) is 3.80. The smallest absolute Gasteiger partial charge is 0.267 e. The van der Waals surface area contributed by atoms with Gasteiger partial charge in [0.1, 0.15) is 16.1 Å². The monoisotopic (exact) mass is 428 g/mol. The SMILES string of the molecule is CCN(C(=O)[C@@H](C)N1C(=O)/C(=C/c2ccco2)SC1=S)[C@H]1CCS(=O)(=O)C1. The van der Waals surface area contributed by atoms with Crippen molar-refractivity contribution in [3.8, 4) is 0 Å². The number of hydrogen-bond acceptors (Lipinski definition) is 7. The Morgan fingerprint density at radius 1 is 1.56 bits per heavy atom. The normalized spacial score (nSPS) is 24.6. The van der Waals surface area contributed by atoms with E-state index in [0.29, 0.717) is 28.0 Å². The number of sulfone groups is 1. The van der Waals surface area contributed by atoms with Gasteiger partial charge in [-0.15, -0.1) is 0 Å². The van der Waals surface area contributed by atoms with Crippen LogP contribution in [0.2, 0.25) is 0 Å². The molecule has 2 saturated heterocycles. The molecule has 2 fully saturated rings. The fourth-order valence-electron chi connectivity index (χ4n) is 3.28. The van der Waals surface area contributed by atoms with Gasteiger partial charge in [-0.1, -0.05) is 24.0 Å². The van der Waals surface area contributed by atoms with Gasteiger partial charge in [-0.3, -0.25) is 14.5 Å². The van der Waals surface area contributed by atoms with Gasteiger partial charge in [0.25, 0.3) is 5.91 Å². The minimum atomic E-state index is -3.11. The molecule has 10 heteroatoms. The maximum atomic E-state index is 13.0. The molecular weight excluding hydrogens is 408 g/mol. The number of thioether (sulfide) groups is 1. The Kier molecular flexibility index (Phi) is 5.78. The van der Waals surface area contributed by atoms with Gasteiger partial charge < -0.3 is 9.32 Å². The summed E-state index contributed by atoms with van der Waals surface area (Å²) < 4.78 is 29.1. The summed E-state index contributed by atoms with van der Waals surface area (Å²) in [5.41, 5.74) is 0. The Balaban J connectivity index is 1.77. The van der Waals surface area contributed by atoms with Crippen LogP contribution >= 0.6 is 24.0 Å². The summed E-state index contributed by atoms with van der Waals surface area (Å²) in [4.78, 5) is 29.0. The minimum absolute atomic E-state index is 0.0317. The second-order valence-corrected chi connectivity index (χ2v) is 10.3. The second-order valence-electron chi connectivity index (χ2n) is 6.42. The third-order valence-corrected chi connectivity index (χ3v) is 7.74. The molecule has 0 radical (unpaired) electrons. The highest BCUT2D eigenvalue weighted by molar-refractivity contribution is 8.26. The van der Waals surface area contributed by atoms with E-state index in [1.54, 1.807) is 37.0 Å². The lowest BCUT2D eigenvalue weighted by molar-refractivity contribution is -0.140. The molecule has 146 valence electrons. The first kappa shape index (κ1) is 20.1. The van der Waals surface area contributed by atoms with Crippen LogP contribution in [0.25, 0.3) is 6.08 Å². The molecule has 27 heavy (non-hydrogen) atoms. The van der Waals surface area contributed by atoms with E-state index in [0.717, 1.165) is 11.8 Å². The first-order chi connectivity index (χ1) is 12.7. The molecule has 0 unspecified atom stereocenters. The first-order valence-corrected chi connectivity index (χ1v) is 11.6. The van der Waals surface area contributed by atoms with E-state index < -0.39 is 15.9 Å². The molecular formula is C17H20N2O5S3. The number of amides is 2. The highest BCUT2D eigenvalue weighted by Gasteiger charge is 2.42. The molecule has 0 aromatic carbocycles. The largest absolute Gasteiger partial charge is 0.465 e. The van der Waals surface area contributed by atoms with Crippen LogP contribution in [0.5, 0.6) is 0 Å². The van der Waals surface area contributed by atoms with Crippen LogP contribution < -0.4 is 0 Å². The molecule has 0 saturated carbocycles. The number of furan rings is 1. The van der Waals surface area contributed by atoms with Crippen LogP contribution in [0, 0.1) is 0 Å². The fourth-order valence-corrected chi connectivity index (χ4v) is 6.41. The Hall–Kier alpha value is -1.65. The molecule has 1 aromatic heterocycles. The average molecular weight is 429 g/mol. The molecule has 0 aliphatic carbocycles. The van der Waals surface area contributed by atoms with Crippen LogP contribution in [-0.4, -0.2) is 64.5 Å². The summed E-state index contributed by atoms with van der Waals surface area (Å²) in [7, 11) is -3.11. The number of likely N-dealkylation sites (N-methyl/N-ethyl adjacent to an activating group) is 1. The van der Waals surface area contributed by atoms with Crippen molar-refractivity contribution in [1.29, 1.82) is 0 Å². The predicted octanol–water partition coefficient (Wildman–Crippen LogP) is 1.90. The Morgan fingerprint density at radius 3 is 2.85 bits per heavy atom. The van der Waals surface area contributed by atoms with Crippen LogP contribution in [0.3, 0.4) is 0 Å². The van der Waals surface area contributed by atoms with Crippen molar-refractivity contribution < 1.29 is 22.4 Å². The third kappa shape index (κ3) is 4.12. The molecule has 0 spiro atoms. The van der Waals surface area contributed by atoms with Crippen molar-refractivity contribution >= 4 is 56.0 Å². The van der Waals surface area contributed by atoms with Crippen molar-refractivity contribution in [3.63, 3.8) is 0 Å². The standard InChI is InChI=1S/C17H20N2O5S3/c1-3-18(12-6-8-27(22,23)10-12)15(20)11(2)19-16(21)14(26-17(19)25)9-13-5-4-7-24-13/h4-5,7,9,11-12H,3,6,8,10H2,1-2H3/b14-9-/t11-,12+/m1/s1. The lowest BCUT2D eigenvalue weighted by atomic mass is 10.1. The molecule has 0 bridgehead atoms. The topological polar surface area (TPSA) is 87.9 Å². The van der Waals surface area contributed by atoms with Crippen molar-refractivity contribution in [2.75, 3.05) is 18.1 Å². The molecule has 1 aromatic rings. The van der Waals surface area contributed by atoms with Crippen molar-refractivity contribution in [3.05, 3.63) is 29.1 Å². The van der Waals surface area contributed by atoms with Crippen molar-refractivity contribution in [2.24, 2.45) is 0 Å². The number of thiocarbonyl (C=S) groups is 1. The summed E-state index contributed by atoms with van der Waals surface area (Å²) in [5, 5.41) is 0.